The maximum atomic E-state index is 11.7. The van der Waals surface area contributed by atoms with E-state index in [0.29, 0.717) is 11.2 Å². The molecule has 1 aliphatic rings. The molecule has 0 aromatic rings. The highest BCUT2D eigenvalue weighted by Crippen LogP contribution is 2.36. The Balaban J connectivity index is 2.78. The van der Waals surface area contributed by atoms with Crippen LogP contribution in [0.2, 0.25) is 0 Å². The molecule has 0 saturated heterocycles. The number of carbonyl (C=O) groups excluding carboxylic acids is 1. The van der Waals surface area contributed by atoms with Crippen LogP contribution in [0.3, 0.4) is 0 Å². The smallest absolute Gasteiger partial charge is 0.189 e. The van der Waals surface area contributed by atoms with Crippen LogP contribution >= 0.6 is 0 Å². The lowest BCUT2D eigenvalue weighted by Gasteiger charge is -2.41. The van der Waals surface area contributed by atoms with Gasteiger partial charge in [0.1, 0.15) is 6.04 Å². The number of hydrogen-bond acceptors (Lipinski definition) is 1. The summed E-state index contributed by atoms with van der Waals surface area (Å²) >= 11 is 0. The van der Waals surface area contributed by atoms with Crippen LogP contribution < -0.4 is 0 Å². The zero-order valence-corrected chi connectivity index (χ0v) is 9.55. The highest BCUT2D eigenvalue weighted by molar-refractivity contribution is 5.83. The molecule has 1 unspecified atom stereocenters. The number of carbonyl (C=O) groups is 1. The molecule has 1 saturated carbocycles. The van der Waals surface area contributed by atoms with Gasteiger partial charge in [0.2, 0.25) is 0 Å². The molecule has 0 aromatic heterocycles. The van der Waals surface area contributed by atoms with E-state index in [1.807, 2.05) is 0 Å². The zero-order valence-electron chi connectivity index (χ0n) is 9.55. The second-order valence-electron chi connectivity index (χ2n) is 5.97. The molecule has 0 N–H and O–H groups in total. The third-order valence-corrected chi connectivity index (χ3v) is 3.10. The third-order valence-electron chi connectivity index (χ3n) is 3.10. The van der Waals surface area contributed by atoms with Crippen molar-refractivity contribution in [3.8, 4) is 0 Å². The van der Waals surface area contributed by atoms with E-state index >= 15 is 0 Å². The molecule has 2 heteroatoms. The fraction of sp³-hybridized carbons (Fsp3) is 0.909. The summed E-state index contributed by atoms with van der Waals surface area (Å²) in [5.74, 6) is 0.451. The number of Topliss-reactive ketones (excluding diaryl/α,β-unsaturated/α-hetero) is 1. The Morgan fingerprint density at radius 2 is 1.85 bits per heavy atom. The monoisotopic (exact) mass is 184 g/mol. The molecule has 1 fully saturated rings. The van der Waals surface area contributed by atoms with E-state index < -0.39 is 0 Å². The van der Waals surface area contributed by atoms with Crippen LogP contribution in [-0.4, -0.2) is 37.5 Å². The molecular formula is C11H22NO+. The van der Waals surface area contributed by atoms with Gasteiger partial charge in [-0.25, -0.2) is 0 Å². The number of hydrogen-bond donors (Lipinski definition) is 0. The maximum Gasteiger partial charge on any atom is 0.189 e. The number of quaternary nitrogens is 1. The Labute approximate surface area is 81.5 Å². The van der Waals surface area contributed by atoms with Crippen molar-refractivity contribution in [3.05, 3.63) is 0 Å². The molecule has 0 spiro atoms. The number of rotatable bonds is 1. The van der Waals surface area contributed by atoms with Crippen molar-refractivity contribution in [1.82, 2.24) is 0 Å². The molecule has 1 atom stereocenters. The molecule has 13 heavy (non-hydrogen) atoms. The summed E-state index contributed by atoms with van der Waals surface area (Å²) in [6, 6.07) is 0.212. The molecule has 76 valence electrons. The first-order valence-electron chi connectivity index (χ1n) is 5.06. The molecule has 2 nitrogen and oxygen atoms in total. The van der Waals surface area contributed by atoms with Crippen molar-refractivity contribution < 1.29 is 9.28 Å². The molecular weight excluding hydrogens is 162 g/mol. The van der Waals surface area contributed by atoms with Crippen LogP contribution in [0.4, 0.5) is 0 Å². The van der Waals surface area contributed by atoms with Gasteiger partial charge in [-0.3, -0.25) is 4.79 Å². The molecule has 0 radical (unpaired) electrons. The molecule has 0 bridgehead atoms. The van der Waals surface area contributed by atoms with E-state index in [4.69, 9.17) is 0 Å². The van der Waals surface area contributed by atoms with Gasteiger partial charge in [0, 0.05) is 12.8 Å². The van der Waals surface area contributed by atoms with Gasteiger partial charge in [-0.15, -0.1) is 0 Å². The van der Waals surface area contributed by atoms with Crippen LogP contribution in [0.25, 0.3) is 0 Å². The van der Waals surface area contributed by atoms with Crippen molar-refractivity contribution in [2.75, 3.05) is 21.1 Å². The summed E-state index contributed by atoms with van der Waals surface area (Å²) < 4.78 is 0.780. The van der Waals surface area contributed by atoms with Gasteiger partial charge < -0.3 is 4.48 Å². The topological polar surface area (TPSA) is 17.1 Å². The van der Waals surface area contributed by atoms with Gasteiger partial charge in [-0.1, -0.05) is 13.8 Å². The van der Waals surface area contributed by atoms with Crippen molar-refractivity contribution in [2.24, 2.45) is 5.41 Å². The second-order valence-corrected chi connectivity index (χ2v) is 5.97. The van der Waals surface area contributed by atoms with E-state index in [1.165, 1.54) is 0 Å². The Morgan fingerprint density at radius 1 is 1.31 bits per heavy atom. The summed E-state index contributed by atoms with van der Waals surface area (Å²) in [4.78, 5) is 11.7. The predicted octanol–water partition coefficient (Wildman–Crippen LogP) is 1.84. The lowest BCUT2D eigenvalue weighted by atomic mass is 9.74. The zero-order chi connectivity index (χ0) is 10.3. The maximum absolute atomic E-state index is 11.7. The largest absolute Gasteiger partial charge is 0.322 e. The number of nitrogens with zero attached hydrogens (tertiary/aromatic N) is 1. The average Bonchev–Trinajstić information content (AvgIpc) is 1.92. The van der Waals surface area contributed by atoms with Gasteiger partial charge in [-0.2, -0.15) is 0 Å². The SMILES string of the molecule is CC1(C)CCC(=O)C([N+](C)(C)C)C1. The van der Waals surface area contributed by atoms with Gasteiger partial charge in [0.25, 0.3) is 0 Å². The van der Waals surface area contributed by atoms with Crippen LogP contribution in [0.15, 0.2) is 0 Å². The van der Waals surface area contributed by atoms with Crippen molar-refractivity contribution in [2.45, 2.75) is 39.2 Å². The molecule has 0 aliphatic heterocycles. The lowest BCUT2D eigenvalue weighted by Crippen LogP contribution is -2.53. The predicted molar refractivity (Wildman–Crippen MR) is 54.5 cm³/mol. The summed E-state index contributed by atoms with van der Waals surface area (Å²) in [6.45, 7) is 4.53. The third kappa shape index (κ3) is 2.53. The molecule has 0 amide bonds. The van der Waals surface area contributed by atoms with Crippen LogP contribution in [0.5, 0.6) is 0 Å². The van der Waals surface area contributed by atoms with Crippen molar-refractivity contribution in [3.63, 3.8) is 0 Å². The molecule has 1 aliphatic carbocycles. The highest BCUT2D eigenvalue weighted by Gasteiger charge is 2.40. The first kappa shape index (κ1) is 10.7. The average molecular weight is 184 g/mol. The quantitative estimate of drug-likeness (QED) is 0.568. The lowest BCUT2D eigenvalue weighted by molar-refractivity contribution is -0.888. The first-order valence-corrected chi connectivity index (χ1v) is 5.06. The summed E-state index contributed by atoms with van der Waals surface area (Å²) in [6.07, 6.45) is 2.87. The minimum Gasteiger partial charge on any atom is -0.322 e. The number of ketones is 1. The summed E-state index contributed by atoms with van der Waals surface area (Å²) in [5.41, 5.74) is 0.351. The van der Waals surface area contributed by atoms with Gasteiger partial charge >= 0.3 is 0 Å². The molecule has 0 heterocycles. The van der Waals surface area contributed by atoms with E-state index in [-0.39, 0.29) is 6.04 Å². The minimum atomic E-state index is 0.212. The van der Waals surface area contributed by atoms with E-state index in [2.05, 4.69) is 35.0 Å². The minimum absolute atomic E-state index is 0.212. The summed E-state index contributed by atoms with van der Waals surface area (Å²) in [7, 11) is 6.35. The van der Waals surface area contributed by atoms with E-state index in [9.17, 15) is 4.79 Å². The van der Waals surface area contributed by atoms with E-state index in [0.717, 1.165) is 23.7 Å². The standard InChI is InChI=1S/C11H22NO/c1-11(2)7-6-10(13)9(8-11)12(3,4)5/h9H,6-8H2,1-5H3/q+1. The second kappa shape index (κ2) is 3.09. The Bertz CT molecular complexity index is 213. The Hall–Kier alpha value is -0.370. The van der Waals surface area contributed by atoms with Gasteiger partial charge in [0.05, 0.1) is 21.1 Å². The van der Waals surface area contributed by atoms with Crippen LogP contribution in [-0.2, 0) is 4.79 Å². The summed E-state index contributed by atoms with van der Waals surface area (Å²) in [5, 5.41) is 0. The van der Waals surface area contributed by atoms with E-state index in [1.54, 1.807) is 0 Å². The van der Waals surface area contributed by atoms with Crippen molar-refractivity contribution in [1.29, 1.82) is 0 Å². The fourth-order valence-corrected chi connectivity index (χ4v) is 2.07. The first-order chi connectivity index (χ1) is 5.72. The highest BCUT2D eigenvalue weighted by atomic mass is 16.1. The van der Waals surface area contributed by atoms with Crippen LogP contribution in [0.1, 0.15) is 33.1 Å². The normalized spacial score (nSPS) is 29.0. The Kier molecular flexibility index (Phi) is 2.54. The van der Waals surface area contributed by atoms with Gasteiger partial charge in [-0.05, 0) is 11.8 Å². The van der Waals surface area contributed by atoms with Crippen molar-refractivity contribution >= 4 is 5.78 Å². The van der Waals surface area contributed by atoms with Gasteiger partial charge in [0.15, 0.2) is 5.78 Å². The fourth-order valence-electron chi connectivity index (χ4n) is 2.07. The Morgan fingerprint density at radius 3 is 2.23 bits per heavy atom. The van der Waals surface area contributed by atoms with Crippen LogP contribution in [0, 0.1) is 5.41 Å². The molecule has 0 aromatic carbocycles. The number of likely N-dealkylation sites (N-methyl/N-ethyl adjacent to an activating group) is 1. The molecule has 1 rings (SSSR count).